The van der Waals surface area contributed by atoms with Crippen LogP contribution in [-0.4, -0.2) is 70.8 Å². The quantitative estimate of drug-likeness (QED) is 0.234. The van der Waals surface area contributed by atoms with Crippen LogP contribution in [0.5, 0.6) is 0 Å². The van der Waals surface area contributed by atoms with E-state index in [4.69, 9.17) is 20.4 Å². The van der Waals surface area contributed by atoms with Crippen molar-refractivity contribution in [2.45, 2.75) is 12.1 Å². The topological polar surface area (TPSA) is 139 Å². The maximum atomic E-state index is 10.4. The first-order valence-electron chi connectivity index (χ1n) is 4.67. The molecule has 0 heterocycles. The minimum absolute atomic E-state index is 0.168. The Bertz CT molecular complexity index is 211. The Morgan fingerprint density at radius 2 is 1.19 bits per heavy atom. The number of hydrogen-bond donors (Lipinski definition) is 6. The Kier molecular flexibility index (Phi) is 7.38. The third kappa shape index (κ3) is 5.61. The van der Waals surface area contributed by atoms with E-state index in [9.17, 15) is 9.59 Å². The number of aliphatic hydroxyl groups excluding tert-OH is 2. The highest BCUT2D eigenvalue weighted by molar-refractivity contribution is 5.74. The van der Waals surface area contributed by atoms with Crippen LogP contribution in [0.4, 0.5) is 0 Å². The third-order valence-corrected chi connectivity index (χ3v) is 1.87. The highest BCUT2D eigenvalue weighted by Gasteiger charge is 2.16. The average Bonchev–Trinajstić information content (AvgIpc) is 2.22. The van der Waals surface area contributed by atoms with E-state index in [1.165, 1.54) is 0 Å². The highest BCUT2D eigenvalue weighted by atomic mass is 16.4. The molecule has 0 aromatic heterocycles. The Morgan fingerprint density at radius 1 is 0.875 bits per heavy atom. The zero-order chi connectivity index (χ0) is 12.6. The minimum Gasteiger partial charge on any atom is -0.480 e. The fraction of sp³-hybridized carbons (Fsp3) is 0.750. The van der Waals surface area contributed by atoms with Crippen LogP contribution >= 0.6 is 0 Å². The van der Waals surface area contributed by atoms with Crippen LogP contribution in [-0.2, 0) is 9.59 Å². The van der Waals surface area contributed by atoms with Gasteiger partial charge in [0, 0.05) is 13.1 Å². The Balaban J connectivity index is 3.73. The van der Waals surface area contributed by atoms with Gasteiger partial charge in [0.05, 0.1) is 13.2 Å². The second kappa shape index (κ2) is 7.99. The summed E-state index contributed by atoms with van der Waals surface area (Å²) >= 11 is 0. The predicted octanol–water partition coefficient (Wildman–Crippen LogP) is -2.94. The monoisotopic (exact) mass is 236 g/mol. The summed E-state index contributed by atoms with van der Waals surface area (Å²) in [5.41, 5.74) is 0. The molecular weight excluding hydrogens is 220 g/mol. The van der Waals surface area contributed by atoms with E-state index in [0.717, 1.165) is 0 Å². The molecule has 0 unspecified atom stereocenters. The largest absolute Gasteiger partial charge is 0.480 e. The van der Waals surface area contributed by atoms with Crippen LogP contribution in [0, 0.1) is 0 Å². The average molecular weight is 236 g/mol. The number of carboxylic acid groups (broad SMARTS) is 2. The maximum Gasteiger partial charge on any atom is 0.323 e. The molecule has 0 saturated heterocycles. The lowest BCUT2D eigenvalue weighted by atomic mass is 10.3. The molecule has 6 N–H and O–H groups in total. The van der Waals surface area contributed by atoms with Crippen molar-refractivity contribution in [1.29, 1.82) is 0 Å². The fourth-order valence-corrected chi connectivity index (χ4v) is 0.953. The summed E-state index contributed by atoms with van der Waals surface area (Å²) in [6.07, 6.45) is 0. The number of nitrogens with one attached hydrogen (secondary N) is 2. The second-order valence-corrected chi connectivity index (χ2v) is 3.06. The lowest BCUT2D eigenvalue weighted by molar-refractivity contribution is -0.141. The molecule has 0 aliphatic heterocycles. The van der Waals surface area contributed by atoms with Crippen molar-refractivity contribution < 1.29 is 30.0 Å². The molecule has 0 bridgehead atoms. The van der Waals surface area contributed by atoms with Gasteiger partial charge in [0.1, 0.15) is 12.1 Å². The van der Waals surface area contributed by atoms with Crippen LogP contribution in [0.15, 0.2) is 0 Å². The Morgan fingerprint density at radius 3 is 1.38 bits per heavy atom. The van der Waals surface area contributed by atoms with Gasteiger partial charge in [0.15, 0.2) is 0 Å². The standard InChI is InChI=1S/C8H16N2O6/c11-3-5(7(13)14)9-1-2-10-6(4-12)8(15)16/h5-6,9-12H,1-4H2,(H,13,14)(H,15,16)/t5-,6-/m0/s1. The lowest BCUT2D eigenvalue weighted by Crippen LogP contribution is -2.46. The number of carboxylic acids is 2. The van der Waals surface area contributed by atoms with Gasteiger partial charge in [-0.05, 0) is 0 Å². The smallest absolute Gasteiger partial charge is 0.323 e. The van der Waals surface area contributed by atoms with E-state index in [1.54, 1.807) is 0 Å². The molecule has 0 aromatic carbocycles. The zero-order valence-corrected chi connectivity index (χ0v) is 8.59. The molecule has 0 aromatic rings. The van der Waals surface area contributed by atoms with Gasteiger partial charge in [-0.15, -0.1) is 0 Å². The maximum absolute atomic E-state index is 10.4. The first-order chi connectivity index (χ1) is 7.52. The first kappa shape index (κ1) is 14.8. The number of aliphatic carboxylic acids is 2. The Hall–Kier alpha value is -1.22. The summed E-state index contributed by atoms with van der Waals surface area (Å²) < 4.78 is 0. The van der Waals surface area contributed by atoms with Crippen molar-refractivity contribution in [3.8, 4) is 0 Å². The van der Waals surface area contributed by atoms with E-state index in [1.807, 2.05) is 0 Å². The number of hydrogen-bond acceptors (Lipinski definition) is 6. The summed E-state index contributed by atoms with van der Waals surface area (Å²) in [5, 5.41) is 39.4. The SMILES string of the molecule is O=C(O)[C@H](CO)NCCN[C@@H](CO)C(=O)O. The van der Waals surface area contributed by atoms with E-state index in [0.29, 0.717) is 0 Å². The van der Waals surface area contributed by atoms with Gasteiger partial charge in [-0.2, -0.15) is 0 Å². The van der Waals surface area contributed by atoms with Crippen LogP contribution in [0.1, 0.15) is 0 Å². The van der Waals surface area contributed by atoms with Crippen molar-refractivity contribution in [2.24, 2.45) is 0 Å². The van der Waals surface area contributed by atoms with Crippen LogP contribution in [0.2, 0.25) is 0 Å². The molecule has 0 fully saturated rings. The molecular formula is C8H16N2O6. The molecule has 8 heteroatoms. The normalized spacial score (nSPS) is 14.4. The van der Waals surface area contributed by atoms with Crippen molar-refractivity contribution >= 4 is 11.9 Å². The first-order valence-corrected chi connectivity index (χ1v) is 4.67. The molecule has 0 aliphatic rings. The van der Waals surface area contributed by atoms with Gasteiger partial charge < -0.3 is 31.1 Å². The van der Waals surface area contributed by atoms with Gasteiger partial charge in [-0.3, -0.25) is 9.59 Å². The molecule has 16 heavy (non-hydrogen) atoms. The molecule has 0 aliphatic carbocycles. The van der Waals surface area contributed by atoms with Crippen molar-refractivity contribution in [2.75, 3.05) is 26.3 Å². The van der Waals surface area contributed by atoms with Gasteiger partial charge >= 0.3 is 11.9 Å². The molecule has 0 rings (SSSR count). The van der Waals surface area contributed by atoms with Gasteiger partial charge in [0.2, 0.25) is 0 Å². The molecule has 0 amide bonds. The molecule has 0 radical (unpaired) electrons. The van der Waals surface area contributed by atoms with Crippen molar-refractivity contribution in [3.05, 3.63) is 0 Å². The molecule has 94 valence electrons. The molecule has 0 saturated carbocycles. The summed E-state index contributed by atoms with van der Waals surface area (Å²) in [7, 11) is 0. The van der Waals surface area contributed by atoms with Crippen molar-refractivity contribution in [1.82, 2.24) is 10.6 Å². The van der Waals surface area contributed by atoms with Crippen LogP contribution in [0.3, 0.4) is 0 Å². The van der Waals surface area contributed by atoms with Gasteiger partial charge in [-0.25, -0.2) is 0 Å². The molecule has 0 spiro atoms. The summed E-state index contributed by atoms with van der Waals surface area (Å²) in [5.74, 6) is -2.36. The molecule has 8 nitrogen and oxygen atoms in total. The van der Waals surface area contributed by atoms with E-state index < -0.39 is 37.2 Å². The van der Waals surface area contributed by atoms with E-state index in [-0.39, 0.29) is 13.1 Å². The van der Waals surface area contributed by atoms with E-state index in [2.05, 4.69) is 10.6 Å². The summed E-state index contributed by atoms with van der Waals surface area (Å²) in [4.78, 5) is 20.9. The number of carbonyl (C=O) groups is 2. The number of aliphatic hydroxyl groups is 2. The number of rotatable bonds is 9. The van der Waals surface area contributed by atoms with Crippen LogP contribution < -0.4 is 10.6 Å². The second-order valence-electron chi connectivity index (χ2n) is 3.06. The van der Waals surface area contributed by atoms with Crippen molar-refractivity contribution in [3.63, 3.8) is 0 Å². The summed E-state index contributed by atoms with van der Waals surface area (Å²) in [6, 6.07) is -2.14. The zero-order valence-electron chi connectivity index (χ0n) is 8.59. The van der Waals surface area contributed by atoms with Gasteiger partial charge in [-0.1, -0.05) is 0 Å². The highest BCUT2D eigenvalue weighted by Crippen LogP contribution is 1.83. The summed E-state index contributed by atoms with van der Waals surface area (Å²) in [6.45, 7) is -0.752. The fourth-order valence-electron chi connectivity index (χ4n) is 0.953. The minimum atomic E-state index is -1.18. The van der Waals surface area contributed by atoms with Gasteiger partial charge in [0.25, 0.3) is 0 Å². The lowest BCUT2D eigenvalue weighted by Gasteiger charge is -2.14. The van der Waals surface area contributed by atoms with E-state index >= 15 is 0 Å². The van der Waals surface area contributed by atoms with Crippen LogP contribution in [0.25, 0.3) is 0 Å². The predicted molar refractivity (Wildman–Crippen MR) is 53.0 cm³/mol. The molecule has 2 atom stereocenters. The third-order valence-electron chi connectivity index (χ3n) is 1.87. The Labute approximate surface area is 91.9 Å².